The third kappa shape index (κ3) is 5.32. The first-order chi connectivity index (χ1) is 10.7. The summed E-state index contributed by atoms with van der Waals surface area (Å²) in [6, 6.07) is 9.04. The van der Waals surface area contributed by atoms with Gasteiger partial charge in [-0.1, -0.05) is 18.2 Å². The maximum atomic E-state index is 12.0. The highest BCUT2D eigenvalue weighted by atomic mass is 32.2. The van der Waals surface area contributed by atoms with Crippen molar-refractivity contribution >= 4 is 29.2 Å². The van der Waals surface area contributed by atoms with Crippen LogP contribution in [-0.4, -0.2) is 35.3 Å². The SMILES string of the molecule is CN(Cc1nc(CSCCN)cs1)C(=O)Oc1ccccc1. The van der Waals surface area contributed by atoms with Gasteiger partial charge in [-0.25, -0.2) is 9.78 Å². The number of amides is 1. The number of hydrogen-bond donors (Lipinski definition) is 1. The quantitative estimate of drug-likeness (QED) is 0.787. The Balaban J connectivity index is 1.83. The molecule has 1 heterocycles. The van der Waals surface area contributed by atoms with Crippen LogP contribution in [0, 0.1) is 0 Å². The van der Waals surface area contributed by atoms with Crippen molar-refractivity contribution in [3.63, 3.8) is 0 Å². The van der Waals surface area contributed by atoms with Gasteiger partial charge in [0.1, 0.15) is 10.8 Å². The standard InChI is InChI=1S/C15H19N3O2S2/c1-18(15(19)20-13-5-3-2-4-6-13)9-14-17-12(11-22-14)10-21-8-7-16/h2-6,11H,7-10,16H2,1H3. The van der Waals surface area contributed by atoms with Crippen molar-refractivity contribution < 1.29 is 9.53 Å². The van der Waals surface area contributed by atoms with E-state index in [0.29, 0.717) is 18.8 Å². The largest absolute Gasteiger partial charge is 0.415 e. The summed E-state index contributed by atoms with van der Waals surface area (Å²) < 4.78 is 5.28. The van der Waals surface area contributed by atoms with E-state index in [-0.39, 0.29) is 6.09 Å². The van der Waals surface area contributed by atoms with E-state index in [1.165, 1.54) is 4.90 Å². The number of thiazole rings is 1. The van der Waals surface area contributed by atoms with Crippen LogP contribution in [0.15, 0.2) is 35.7 Å². The summed E-state index contributed by atoms with van der Waals surface area (Å²) in [7, 11) is 1.70. The molecule has 0 fully saturated rings. The minimum absolute atomic E-state index is 0.388. The number of ether oxygens (including phenoxy) is 1. The van der Waals surface area contributed by atoms with E-state index in [9.17, 15) is 4.79 Å². The molecular formula is C15H19N3O2S2. The van der Waals surface area contributed by atoms with E-state index in [0.717, 1.165) is 22.2 Å². The van der Waals surface area contributed by atoms with Gasteiger partial charge in [-0.15, -0.1) is 11.3 Å². The van der Waals surface area contributed by atoms with Gasteiger partial charge in [0.25, 0.3) is 0 Å². The smallest absolute Gasteiger partial charge is 0.410 e. The molecule has 22 heavy (non-hydrogen) atoms. The number of hydrogen-bond acceptors (Lipinski definition) is 6. The Bertz CT molecular complexity index is 589. The lowest BCUT2D eigenvalue weighted by Gasteiger charge is -2.15. The minimum atomic E-state index is -0.388. The second-order valence-electron chi connectivity index (χ2n) is 4.61. The summed E-state index contributed by atoms with van der Waals surface area (Å²) in [5.41, 5.74) is 6.49. The van der Waals surface area contributed by atoms with Crippen LogP contribution in [0.3, 0.4) is 0 Å². The number of nitrogens with zero attached hydrogens (tertiary/aromatic N) is 2. The molecule has 0 aliphatic rings. The third-order valence-electron chi connectivity index (χ3n) is 2.74. The number of carbonyl (C=O) groups is 1. The molecule has 1 aromatic carbocycles. The number of benzene rings is 1. The predicted molar refractivity (Wildman–Crippen MR) is 91.3 cm³/mol. The molecule has 5 nitrogen and oxygen atoms in total. The van der Waals surface area contributed by atoms with Gasteiger partial charge in [0, 0.05) is 30.5 Å². The first-order valence-corrected chi connectivity index (χ1v) is 8.91. The van der Waals surface area contributed by atoms with E-state index in [2.05, 4.69) is 4.98 Å². The normalized spacial score (nSPS) is 10.5. The fourth-order valence-corrected chi connectivity index (χ4v) is 3.30. The zero-order chi connectivity index (χ0) is 15.8. The molecule has 0 unspecified atom stereocenters. The summed E-state index contributed by atoms with van der Waals surface area (Å²) in [6.07, 6.45) is -0.388. The van der Waals surface area contributed by atoms with E-state index in [4.69, 9.17) is 10.5 Å². The number of nitrogens with two attached hydrogens (primary N) is 1. The fraction of sp³-hybridized carbons (Fsp3) is 0.333. The van der Waals surface area contributed by atoms with Crippen molar-refractivity contribution in [2.75, 3.05) is 19.3 Å². The van der Waals surface area contributed by atoms with Crippen LogP contribution in [0.5, 0.6) is 5.75 Å². The predicted octanol–water partition coefficient (Wildman–Crippen LogP) is 2.97. The van der Waals surface area contributed by atoms with Gasteiger partial charge in [-0.2, -0.15) is 11.8 Å². The fourth-order valence-electron chi connectivity index (χ4n) is 1.68. The van der Waals surface area contributed by atoms with Crippen LogP contribution in [0.1, 0.15) is 10.7 Å². The second-order valence-corrected chi connectivity index (χ2v) is 6.66. The van der Waals surface area contributed by atoms with Gasteiger partial charge in [0.15, 0.2) is 0 Å². The molecule has 0 saturated heterocycles. The summed E-state index contributed by atoms with van der Waals surface area (Å²) in [5, 5.41) is 2.92. The monoisotopic (exact) mass is 337 g/mol. The number of thioether (sulfide) groups is 1. The van der Waals surface area contributed by atoms with Crippen LogP contribution in [0.4, 0.5) is 4.79 Å². The van der Waals surface area contributed by atoms with Crippen molar-refractivity contribution in [2.24, 2.45) is 5.73 Å². The second kappa shape index (κ2) is 8.77. The Hall–Kier alpha value is -1.57. The molecule has 2 aromatic rings. The highest BCUT2D eigenvalue weighted by molar-refractivity contribution is 7.98. The van der Waals surface area contributed by atoms with Gasteiger partial charge < -0.3 is 15.4 Å². The molecule has 2 rings (SSSR count). The van der Waals surface area contributed by atoms with Crippen LogP contribution in [0.2, 0.25) is 0 Å². The maximum Gasteiger partial charge on any atom is 0.415 e. The number of rotatable bonds is 7. The summed E-state index contributed by atoms with van der Waals surface area (Å²) in [5.74, 6) is 2.32. The lowest BCUT2D eigenvalue weighted by atomic mass is 10.3. The van der Waals surface area contributed by atoms with Crippen molar-refractivity contribution in [2.45, 2.75) is 12.3 Å². The van der Waals surface area contributed by atoms with Gasteiger partial charge in [-0.05, 0) is 12.1 Å². The number of carbonyl (C=O) groups excluding carboxylic acids is 1. The Kier molecular flexibility index (Phi) is 6.70. The Labute approximate surface area is 138 Å². The molecule has 0 aliphatic carbocycles. The molecule has 0 spiro atoms. The zero-order valence-corrected chi connectivity index (χ0v) is 14.0. The first kappa shape index (κ1) is 16.8. The topological polar surface area (TPSA) is 68.5 Å². The van der Waals surface area contributed by atoms with Crippen molar-refractivity contribution in [3.05, 3.63) is 46.4 Å². The highest BCUT2D eigenvalue weighted by Gasteiger charge is 2.13. The highest BCUT2D eigenvalue weighted by Crippen LogP contribution is 2.17. The molecular weight excluding hydrogens is 318 g/mol. The number of aromatic nitrogens is 1. The van der Waals surface area contributed by atoms with Gasteiger partial charge in [-0.3, -0.25) is 0 Å². The molecule has 0 aliphatic heterocycles. The Morgan fingerprint density at radius 2 is 2.18 bits per heavy atom. The summed E-state index contributed by atoms with van der Waals surface area (Å²) >= 11 is 3.32. The third-order valence-corrected chi connectivity index (χ3v) is 4.65. The van der Waals surface area contributed by atoms with Crippen molar-refractivity contribution in [1.29, 1.82) is 0 Å². The lowest BCUT2D eigenvalue weighted by Crippen LogP contribution is -2.29. The maximum absolute atomic E-state index is 12.0. The molecule has 0 radical (unpaired) electrons. The zero-order valence-electron chi connectivity index (χ0n) is 12.4. The van der Waals surface area contributed by atoms with Crippen molar-refractivity contribution in [1.82, 2.24) is 9.88 Å². The molecule has 0 bridgehead atoms. The van der Waals surface area contributed by atoms with Crippen LogP contribution >= 0.6 is 23.1 Å². The van der Waals surface area contributed by atoms with Gasteiger partial charge in [0.2, 0.25) is 0 Å². The minimum Gasteiger partial charge on any atom is -0.410 e. The molecule has 0 atom stereocenters. The van der Waals surface area contributed by atoms with Gasteiger partial charge in [0.05, 0.1) is 12.2 Å². The Morgan fingerprint density at radius 3 is 2.91 bits per heavy atom. The van der Waals surface area contributed by atoms with E-state index in [1.807, 2.05) is 23.6 Å². The Morgan fingerprint density at radius 1 is 1.41 bits per heavy atom. The molecule has 1 aromatic heterocycles. The summed E-state index contributed by atoms with van der Waals surface area (Å²) in [4.78, 5) is 18.0. The molecule has 2 N–H and O–H groups in total. The molecule has 7 heteroatoms. The van der Waals surface area contributed by atoms with Crippen molar-refractivity contribution in [3.8, 4) is 5.75 Å². The van der Waals surface area contributed by atoms with E-state index in [1.54, 1.807) is 42.3 Å². The average molecular weight is 337 g/mol. The van der Waals surface area contributed by atoms with Crippen LogP contribution < -0.4 is 10.5 Å². The van der Waals surface area contributed by atoms with Gasteiger partial charge >= 0.3 is 6.09 Å². The van der Waals surface area contributed by atoms with E-state index >= 15 is 0 Å². The molecule has 0 saturated carbocycles. The lowest BCUT2D eigenvalue weighted by molar-refractivity contribution is 0.160. The summed E-state index contributed by atoms with van der Waals surface area (Å²) in [6.45, 7) is 1.12. The van der Waals surface area contributed by atoms with E-state index < -0.39 is 0 Å². The molecule has 118 valence electrons. The first-order valence-electron chi connectivity index (χ1n) is 6.88. The number of para-hydroxylation sites is 1. The van der Waals surface area contributed by atoms with Crippen LogP contribution in [0.25, 0.3) is 0 Å². The molecule has 1 amide bonds. The average Bonchev–Trinajstić information content (AvgIpc) is 2.96. The van der Waals surface area contributed by atoms with Crippen LogP contribution in [-0.2, 0) is 12.3 Å².